The van der Waals surface area contributed by atoms with E-state index in [1.807, 2.05) is 42.5 Å². The zero-order valence-electron chi connectivity index (χ0n) is 45.7. The highest BCUT2D eigenvalue weighted by Gasteiger charge is 2.33. The first-order valence-corrected chi connectivity index (χ1v) is 26.9. The number of unbranched alkanes of at least 4 members (excludes halogenated alkanes) is 1. The van der Waals surface area contributed by atoms with Crippen LogP contribution < -0.4 is 32.3 Å². The first-order valence-electron chi connectivity index (χ1n) is 26.9. The molecule has 7 N–H and O–H groups in total. The van der Waals surface area contributed by atoms with Crippen LogP contribution in [0, 0.1) is 5.92 Å². The lowest BCUT2D eigenvalue weighted by Gasteiger charge is -2.30. The molecule has 0 aromatic heterocycles. The Labute approximate surface area is 439 Å². The SMILES string of the molecule is CC(C)(C)OC(=O)CC[C@H](NC(=O)N[C@@H](CCCCNC(=O)[C@H](Cc1ccc2ccccc2c1)NC(=O)C1CCC(NC(=O)CCCOC2CCC(OCCN)CC2)CC1)C(=O)OC(C)(C)C)C(=O)OC(C)(C)C. The minimum atomic E-state index is -1.23. The van der Waals surface area contributed by atoms with Crippen molar-refractivity contribution in [3.63, 3.8) is 0 Å². The van der Waals surface area contributed by atoms with E-state index < -0.39 is 58.9 Å². The Morgan fingerprint density at radius 3 is 1.76 bits per heavy atom. The van der Waals surface area contributed by atoms with E-state index in [9.17, 15) is 33.6 Å². The molecule has 2 fully saturated rings. The Morgan fingerprint density at radius 1 is 0.608 bits per heavy atom. The highest BCUT2D eigenvalue weighted by atomic mass is 16.6. The number of carbonyl (C=O) groups is 7. The summed E-state index contributed by atoms with van der Waals surface area (Å²) >= 11 is 0. The monoisotopic (exact) mass is 1040 g/mol. The summed E-state index contributed by atoms with van der Waals surface area (Å²) in [6.45, 7) is 17.2. The molecule has 2 aliphatic rings. The van der Waals surface area contributed by atoms with Gasteiger partial charge in [-0.05, 0) is 162 Å². The Hall–Kier alpha value is -5.33. The lowest BCUT2D eigenvalue weighted by atomic mass is 9.85. The molecule has 2 aromatic carbocycles. The van der Waals surface area contributed by atoms with Crippen molar-refractivity contribution in [3.8, 4) is 0 Å². The minimum Gasteiger partial charge on any atom is -0.460 e. The van der Waals surface area contributed by atoms with Crippen molar-refractivity contribution in [2.45, 2.75) is 218 Å². The number of fused-ring (bicyclic) bond motifs is 1. The molecular formula is C56H88N6O12. The molecule has 2 aliphatic carbocycles. The Morgan fingerprint density at radius 2 is 1.18 bits per heavy atom. The predicted molar refractivity (Wildman–Crippen MR) is 283 cm³/mol. The molecule has 0 bridgehead atoms. The van der Waals surface area contributed by atoms with Gasteiger partial charge in [-0.15, -0.1) is 0 Å². The number of urea groups is 1. The Bertz CT molecular complexity index is 2130. The maximum atomic E-state index is 14.0. The summed E-state index contributed by atoms with van der Waals surface area (Å²) in [4.78, 5) is 93.3. The number of hydrogen-bond donors (Lipinski definition) is 6. The van der Waals surface area contributed by atoms with E-state index in [-0.39, 0.29) is 74.1 Å². The summed E-state index contributed by atoms with van der Waals surface area (Å²) in [5, 5.41) is 16.5. The summed E-state index contributed by atoms with van der Waals surface area (Å²) in [6.07, 6.45) is 8.60. The van der Waals surface area contributed by atoms with Crippen LogP contribution in [-0.4, -0.2) is 121 Å². The van der Waals surface area contributed by atoms with Gasteiger partial charge in [0.25, 0.3) is 0 Å². The normalized spacial score (nSPS) is 19.5. The zero-order valence-corrected chi connectivity index (χ0v) is 45.7. The van der Waals surface area contributed by atoms with Crippen LogP contribution in [0.3, 0.4) is 0 Å². The molecule has 3 atom stereocenters. The van der Waals surface area contributed by atoms with Gasteiger partial charge in [-0.3, -0.25) is 19.2 Å². The number of hydrogen-bond acceptors (Lipinski definition) is 13. The van der Waals surface area contributed by atoms with Crippen LogP contribution in [0.15, 0.2) is 42.5 Å². The molecule has 0 unspecified atom stereocenters. The summed E-state index contributed by atoms with van der Waals surface area (Å²) < 4.78 is 28.4. The molecule has 18 nitrogen and oxygen atoms in total. The summed E-state index contributed by atoms with van der Waals surface area (Å²) in [7, 11) is 0. The molecule has 0 radical (unpaired) electrons. The van der Waals surface area contributed by atoms with Gasteiger partial charge in [0.15, 0.2) is 0 Å². The lowest BCUT2D eigenvalue weighted by Crippen LogP contribution is -2.53. The molecule has 2 saturated carbocycles. The van der Waals surface area contributed by atoms with E-state index in [1.165, 1.54) is 0 Å². The van der Waals surface area contributed by atoms with Crippen molar-refractivity contribution in [1.29, 1.82) is 0 Å². The smallest absolute Gasteiger partial charge is 0.329 e. The number of amides is 5. The van der Waals surface area contributed by atoms with Gasteiger partial charge in [-0.25, -0.2) is 14.4 Å². The van der Waals surface area contributed by atoms with E-state index in [0.29, 0.717) is 71.1 Å². The number of esters is 3. The molecule has 0 saturated heterocycles. The van der Waals surface area contributed by atoms with E-state index in [0.717, 1.165) is 42.0 Å². The number of carbonyl (C=O) groups excluding carboxylic acids is 7. The van der Waals surface area contributed by atoms with Crippen molar-refractivity contribution in [2.75, 3.05) is 26.3 Å². The van der Waals surface area contributed by atoms with E-state index in [2.05, 4.69) is 26.6 Å². The number of rotatable bonds is 26. The molecule has 2 aromatic rings. The van der Waals surface area contributed by atoms with Crippen LogP contribution in [0.1, 0.15) is 164 Å². The minimum absolute atomic E-state index is 0.0214. The molecule has 414 valence electrons. The molecule has 0 heterocycles. The maximum absolute atomic E-state index is 14.0. The van der Waals surface area contributed by atoms with Crippen molar-refractivity contribution >= 4 is 52.4 Å². The van der Waals surface area contributed by atoms with E-state index in [1.54, 1.807) is 62.3 Å². The van der Waals surface area contributed by atoms with Crippen LogP contribution in [-0.2, 0) is 58.9 Å². The topological polar surface area (TPSA) is 252 Å². The average molecular weight is 1040 g/mol. The van der Waals surface area contributed by atoms with Gasteiger partial charge >= 0.3 is 23.9 Å². The van der Waals surface area contributed by atoms with Gasteiger partial charge in [-0.1, -0.05) is 42.5 Å². The van der Waals surface area contributed by atoms with Gasteiger partial charge < -0.3 is 56.0 Å². The quantitative estimate of drug-likeness (QED) is 0.0324. The fourth-order valence-electron chi connectivity index (χ4n) is 9.05. The van der Waals surface area contributed by atoms with E-state index in [4.69, 9.17) is 29.4 Å². The summed E-state index contributed by atoms with van der Waals surface area (Å²) in [6, 6.07) is 9.79. The third kappa shape index (κ3) is 23.9. The molecule has 18 heteroatoms. The highest BCUT2D eigenvalue weighted by molar-refractivity contribution is 5.90. The second-order valence-corrected chi connectivity index (χ2v) is 22.8. The van der Waals surface area contributed by atoms with Gasteiger partial charge in [-0.2, -0.15) is 0 Å². The van der Waals surface area contributed by atoms with Crippen molar-refractivity contribution < 1.29 is 57.2 Å². The average Bonchev–Trinajstić information content (AvgIpc) is 3.31. The Balaban J connectivity index is 1.30. The van der Waals surface area contributed by atoms with Crippen LogP contribution in [0.25, 0.3) is 10.8 Å². The fraction of sp³-hybridized carbons (Fsp3) is 0.696. The van der Waals surface area contributed by atoms with Crippen LogP contribution in [0.5, 0.6) is 0 Å². The first-order chi connectivity index (χ1) is 34.9. The van der Waals surface area contributed by atoms with Gasteiger partial charge in [0, 0.05) is 50.9 Å². The fourth-order valence-corrected chi connectivity index (χ4v) is 9.05. The van der Waals surface area contributed by atoms with Crippen molar-refractivity contribution in [2.24, 2.45) is 11.7 Å². The standard InChI is InChI=1S/C56H88N6O12/c1-54(2,3)72-48(64)30-29-45(52(68)74-56(7,8)9)62-53(69)61-44(51(67)73-55(4,5)6)17-12-13-32-58-50(66)46(36-37-19-20-38-15-10-11-16-40(38)35-37)60-49(65)39-21-23-41(24-22-39)59-47(63)18-14-33-70-42-25-27-43(28-26-42)71-34-31-57/h10-11,15-16,19-20,35,39,41-46H,12-14,17-18,21-34,36,57H2,1-9H3,(H,58,66)(H,59,63)(H,60,65)(H2,61,62,69)/t39?,41?,42?,43?,44-,45-,46-/m0/s1. The van der Waals surface area contributed by atoms with Crippen LogP contribution in [0.4, 0.5) is 4.79 Å². The summed E-state index contributed by atoms with van der Waals surface area (Å²) in [5.74, 6) is -2.91. The molecule has 74 heavy (non-hydrogen) atoms. The van der Waals surface area contributed by atoms with Gasteiger partial charge in [0.2, 0.25) is 17.7 Å². The number of nitrogens with two attached hydrogens (primary N) is 1. The van der Waals surface area contributed by atoms with Gasteiger partial charge in [0.1, 0.15) is 34.9 Å². The largest absolute Gasteiger partial charge is 0.460 e. The first kappa shape index (κ1) is 61.2. The molecular weight excluding hydrogens is 949 g/mol. The van der Waals surface area contributed by atoms with Crippen molar-refractivity contribution in [1.82, 2.24) is 26.6 Å². The van der Waals surface area contributed by atoms with Gasteiger partial charge in [0.05, 0.1) is 18.8 Å². The second kappa shape index (κ2) is 29.7. The van der Waals surface area contributed by atoms with Crippen LogP contribution >= 0.6 is 0 Å². The number of nitrogens with one attached hydrogen (secondary N) is 5. The number of ether oxygens (including phenoxy) is 5. The second-order valence-electron chi connectivity index (χ2n) is 22.8. The molecule has 0 spiro atoms. The van der Waals surface area contributed by atoms with Crippen LogP contribution in [0.2, 0.25) is 0 Å². The maximum Gasteiger partial charge on any atom is 0.329 e. The summed E-state index contributed by atoms with van der Waals surface area (Å²) in [5.41, 5.74) is 3.94. The van der Waals surface area contributed by atoms with E-state index >= 15 is 0 Å². The number of benzene rings is 2. The highest BCUT2D eigenvalue weighted by Crippen LogP contribution is 2.27. The third-order valence-corrected chi connectivity index (χ3v) is 12.6. The molecule has 0 aliphatic heterocycles. The van der Waals surface area contributed by atoms with Crippen molar-refractivity contribution in [3.05, 3.63) is 48.0 Å². The predicted octanol–water partition coefficient (Wildman–Crippen LogP) is 6.75. The molecule has 4 rings (SSSR count). The zero-order chi connectivity index (χ0) is 54.5. The molecule has 5 amide bonds. The Kier molecular flexibility index (Phi) is 24.6. The lowest BCUT2D eigenvalue weighted by molar-refractivity contribution is -0.159. The third-order valence-electron chi connectivity index (χ3n) is 12.6.